The average Bonchev–Trinajstić information content (AvgIpc) is 2.43. The molecule has 3 nitrogen and oxygen atoms in total. The van der Waals surface area contributed by atoms with Gasteiger partial charge in [0.2, 0.25) is 0 Å². The van der Waals surface area contributed by atoms with Crippen LogP contribution in [0.3, 0.4) is 0 Å². The van der Waals surface area contributed by atoms with Crippen LogP contribution < -0.4 is 10.5 Å². The number of nitrogens with zero attached hydrogens (tertiary/aromatic N) is 1. The van der Waals surface area contributed by atoms with Gasteiger partial charge in [0.15, 0.2) is 0 Å². The molecule has 0 radical (unpaired) electrons. The minimum absolute atomic E-state index is 0.184. The highest BCUT2D eigenvalue weighted by Crippen LogP contribution is 2.16. The van der Waals surface area contributed by atoms with Crippen LogP contribution in [0.5, 0.6) is 5.75 Å². The van der Waals surface area contributed by atoms with E-state index >= 15 is 0 Å². The van der Waals surface area contributed by atoms with Crippen molar-refractivity contribution < 1.29 is 9.13 Å². The number of hydrogen-bond donors (Lipinski definition) is 1. The Kier molecular flexibility index (Phi) is 4.58. The molecule has 0 amide bonds. The van der Waals surface area contributed by atoms with E-state index in [1.165, 1.54) is 6.07 Å². The van der Waals surface area contributed by atoms with Gasteiger partial charge in [0, 0.05) is 13.1 Å². The second-order valence-electron chi connectivity index (χ2n) is 4.88. The predicted molar refractivity (Wildman–Crippen MR) is 79.0 cm³/mol. The predicted octanol–water partition coefficient (Wildman–Crippen LogP) is 3.05. The maximum Gasteiger partial charge on any atom is 0.146 e. The van der Waals surface area contributed by atoms with Crippen LogP contribution >= 0.6 is 0 Å². The first kappa shape index (κ1) is 14.3. The smallest absolute Gasteiger partial charge is 0.146 e. The first-order chi connectivity index (χ1) is 9.58. The van der Waals surface area contributed by atoms with Crippen molar-refractivity contribution in [2.24, 2.45) is 0 Å². The van der Waals surface area contributed by atoms with Crippen LogP contribution in [-0.4, -0.2) is 19.1 Å². The van der Waals surface area contributed by atoms with Gasteiger partial charge in [0.25, 0.3) is 0 Å². The summed E-state index contributed by atoms with van der Waals surface area (Å²) in [6.45, 7) is 1.43. The normalized spacial score (nSPS) is 10.8. The Morgan fingerprint density at radius 2 is 1.80 bits per heavy atom. The monoisotopic (exact) mass is 274 g/mol. The van der Waals surface area contributed by atoms with Crippen LogP contribution in [0, 0.1) is 5.82 Å². The SMILES string of the molecule is COc1cccc(CN(C)Cc2ccc(N)c(F)c2)c1. The number of nitrogens with two attached hydrogens (primary N) is 1. The number of benzene rings is 2. The Morgan fingerprint density at radius 1 is 1.10 bits per heavy atom. The molecule has 0 fully saturated rings. The molecular formula is C16H19FN2O. The minimum atomic E-state index is -0.364. The maximum absolute atomic E-state index is 13.4. The van der Waals surface area contributed by atoms with Gasteiger partial charge in [-0.25, -0.2) is 4.39 Å². The van der Waals surface area contributed by atoms with E-state index in [0.29, 0.717) is 6.54 Å². The van der Waals surface area contributed by atoms with E-state index in [2.05, 4.69) is 4.90 Å². The van der Waals surface area contributed by atoms with E-state index in [1.807, 2.05) is 37.4 Å². The highest BCUT2D eigenvalue weighted by molar-refractivity contribution is 5.41. The molecule has 0 saturated heterocycles. The summed E-state index contributed by atoms with van der Waals surface area (Å²) in [5.74, 6) is 0.478. The first-order valence-corrected chi connectivity index (χ1v) is 6.44. The van der Waals surface area contributed by atoms with Crippen molar-refractivity contribution in [3.63, 3.8) is 0 Å². The minimum Gasteiger partial charge on any atom is -0.497 e. The van der Waals surface area contributed by atoms with Gasteiger partial charge in [-0.1, -0.05) is 18.2 Å². The van der Waals surface area contributed by atoms with Gasteiger partial charge < -0.3 is 10.5 Å². The summed E-state index contributed by atoms with van der Waals surface area (Å²) in [5, 5.41) is 0. The molecule has 0 atom stereocenters. The third kappa shape index (κ3) is 3.71. The summed E-state index contributed by atoms with van der Waals surface area (Å²) in [4.78, 5) is 2.11. The summed E-state index contributed by atoms with van der Waals surface area (Å²) in [6, 6.07) is 12.9. The number of methoxy groups -OCH3 is 1. The zero-order valence-corrected chi connectivity index (χ0v) is 11.8. The summed E-state index contributed by atoms with van der Waals surface area (Å²) < 4.78 is 18.6. The lowest BCUT2D eigenvalue weighted by Crippen LogP contribution is -2.17. The van der Waals surface area contributed by atoms with E-state index in [4.69, 9.17) is 10.5 Å². The second-order valence-corrected chi connectivity index (χ2v) is 4.88. The van der Waals surface area contributed by atoms with Gasteiger partial charge >= 0.3 is 0 Å². The highest BCUT2D eigenvalue weighted by atomic mass is 19.1. The van der Waals surface area contributed by atoms with Crippen molar-refractivity contribution >= 4 is 5.69 Å². The molecule has 2 N–H and O–H groups in total. The van der Waals surface area contributed by atoms with Crippen LogP contribution in [0.15, 0.2) is 42.5 Å². The van der Waals surface area contributed by atoms with Gasteiger partial charge in [0.1, 0.15) is 11.6 Å². The number of rotatable bonds is 5. The first-order valence-electron chi connectivity index (χ1n) is 6.44. The zero-order valence-electron chi connectivity index (χ0n) is 11.8. The Morgan fingerprint density at radius 3 is 2.45 bits per heavy atom. The molecule has 0 bridgehead atoms. The molecular weight excluding hydrogens is 255 g/mol. The molecule has 4 heteroatoms. The Hall–Kier alpha value is -2.07. The fourth-order valence-corrected chi connectivity index (χ4v) is 2.12. The summed E-state index contributed by atoms with van der Waals surface area (Å²) in [6.07, 6.45) is 0. The number of anilines is 1. The van der Waals surface area contributed by atoms with E-state index in [1.54, 1.807) is 13.2 Å². The van der Waals surface area contributed by atoms with Crippen molar-refractivity contribution in [2.45, 2.75) is 13.1 Å². The number of ether oxygens (including phenoxy) is 1. The molecule has 0 aliphatic heterocycles. The molecule has 20 heavy (non-hydrogen) atoms. The third-order valence-corrected chi connectivity index (χ3v) is 3.10. The molecule has 0 aliphatic rings. The quantitative estimate of drug-likeness (QED) is 0.852. The van der Waals surface area contributed by atoms with Crippen molar-refractivity contribution in [3.8, 4) is 5.75 Å². The van der Waals surface area contributed by atoms with Crippen LogP contribution in [-0.2, 0) is 13.1 Å². The van der Waals surface area contributed by atoms with Crippen molar-refractivity contribution in [1.29, 1.82) is 0 Å². The lowest BCUT2D eigenvalue weighted by Gasteiger charge is -2.17. The van der Waals surface area contributed by atoms with Gasteiger partial charge in [-0.3, -0.25) is 4.90 Å². The average molecular weight is 274 g/mol. The highest BCUT2D eigenvalue weighted by Gasteiger charge is 2.05. The fourth-order valence-electron chi connectivity index (χ4n) is 2.12. The zero-order chi connectivity index (χ0) is 14.5. The standard InChI is InChI=1S/C16H19FN2O/c1-19(10-12-4-3-5-14(8-12)20-2)11-13-6-7-16(18)15(17)9-13/h3-9H,10-11,18H2,1-2H3. The van der Waals surface area contributed by atoms with Gasteiger partial charge in [-0.2, -0.15) is 0 Å². The number of hydrogen-bond acceptors (Lipinski definition) is 3. The van der Waals surface area contributed by atoms with E-state index < -0.39 is 0 Å². The largest absolute Gasteiger partial charge is 0.497 e. The summed E-state index contributed by atoms with van der Waals surface area (Å²) in [7, 11) is 3.65. The molecule has 2 aromatic carbocycles. The molecule has 0 aromatic heterocycles. The maximum atomic E-state index is 13.4. The van der Waals surface area contributed by atoms with E-state index in [-0.39, 0.29) is 11.5 Å². The van der Waals surface area contributed by atoms with Crippen molar-refractivity contribution in [1.82, 2.24) is 4.90 Å². The van der Waals surface area contributed by atoms with Crippen LogP contribution in [0.2, 0.25) is 0 Å². The van der Waals surface area contributed by atoms with Crippen molar-refractivity contribution in [3.05, 3.63) is 59.4 Å². The third-order valence-electron chi connectivity index (χ3n) is 3.10. The molecule has 0 unspecified atom stereocenters. The van der Waals surface area contributed by atoms with Crippen LogP contribution in [0.1, 0.15) is 11.1 Å². The number of nitrogen functional groups attached to an aromatic ring is 1. The Labute approximate surface area is 118 Å². The fraction of sp³-hybridized carbons (Fsp3) is 0.250. The molecule has 0 heterocycles. The second kappa shape index (κ2) is 6.39. The molecule has 2 aromatic rings. The van der Waals surface area contributed by atoms with Crippen LogP contribution in [0.25, 0.3) is 0 Å². The van der Waals surface area contributed by atoms with E-state index in [9.17, 15) is 4.39 Å². The van der Waals surface area contributed by atoms with Gasteiger partial charge in [0.05, 0.1) is 12.8 Å². The Balaban J connectivity index is 2.00. The molecule has 0 aliphatic carbocycles. The molecule has 0 spiro atoms. The topological polar surface area (TPSA) is 38.5 Å². The molecule has 2 rings (SSSR count). The van der Waals surface area contributed by atoms with Crippen LogP contribution in [0.4, 0.5) is 10.1 Å². The van der Waals surface area contributed by atoms with Gasteiger partial charge in [-0.05, 0) is 42.4 Å². The number of halogens is 1. The van der Waals surface area contributed by atoms with Gasteiger partial charge in [-0.15, -0.1) is 0 Å². The van der Waals surface area contributed by atoms with Crippen molar-refractivity contribution in [2.75, 3.05) is 19.9 Å². The molecule has 0 saturated carbocycles. The molecule has 106 valence electrons. The summed E-state index contributed by atoms with van der Waals surface area (Å²) >= 11 is 0. The lowest BCUT2D eigenvalue weighted by atomic mass is 10.1. The van der Waals surface area contributed by atoms with E-state index in [0.717, 1.165) is 23.4 Å². The lowest BCUT2D eigenvalue weighted by molar-refractivity contribution is 0.317. The Bertz CT molecular complexity index is 586. The summed E-state index contributed by atoms with van der Waals surface area (Å²) in [5.41, 5.74) is 7.72.